The predicted molar refractivity (Wildman–Crippen MR) is 74.0 cm³/mol. The number of amides is 2. The van der Waals surface area contributed by atoms with Crippen LogP contribution in [-0.2, 0) is 4.74 Å². The Bertz CT molecular complexity index is 305. The number of urea groups is 1. The number of likely N-dealkylation sites (tertiary alicyclic amines) is 1. The lowest BCUT2D eigenvalue weighted by molar-refractivity contribution is 0.00494. The second-order valence-corrected chi connectivity index (χ2v) is 5.67. The Hall–Kier alpha value is -0.850. The normalized spacial score (nSPS) is 28.7. The maximum atomic E-state index is 12.1. The van der Waals surface area contributed by atoms with Gasteiger partial charge in [0.05, 0.1) is 18.8 Å². The van der Waals surface area contributed by atoms with Crippen LogP contribution in [0.25, 0.3) is 0 Å². The fourth-order valence-corrected chi connectivity index (χ4v) is 2.78. The average molecular weight is 270 g/mol. The quantitative estimate of drug-likeness (QED) is 0.747. The van der Waals surface area contributed by atoms with Crippen molar-refractivity contribution in [1.82, 2.24) is 15.1 Å². The van der Waals surface area contributed by atoms with Gasteiger partial charge in [-0.05, 0) is 32.4 Å². The second kappa shape index (κ2) is 6.54. The molecule has 0 aliphatic carbocycles. The van der Waals surface area contributed by atoms with Gasteiger partial charge in [0.1, 0.15) is 0 Å². The number of ether oxygens (including phenoxy) is 1. The summed E-state index contributed by atoms with van der Waals surface area (Å²) < 4.78 is 5.97. The van der Waals surface area contributed by atoms with Crippen molar-refractivity contribution in [2.75, 3.05) is 40.3 Å². The number of hydrogen-bond acceptors (Lipinski definition) is 4. The van der Waals surface area contributed by atoms with Crippen LogP contribution in [0.4, 0.5) is 4.79 Å². The molecule has 2 atom stereocenters. The molecular formula is C13H26N4O2. The van der Waals surface area contributed by atoms with Crippen LogP contribution in [0, 0.1) is 0 Å². The molecule has 0 bridgehead atoms. The fourth-order valence-electron chi connectivity index (χ4n) is 2.78. The van der Waals surface area contributed by atoms with Gasteiger partial charge in [-0.1, -0.05) is 0 Å². The van der Waals surface area contributed by atoms with Crippen LogP contribution < -0.4 is 11.1 Å². The third-order valence-corrected chi connectivity index (χ3v) is 4.02. The minimum Gasteiger partial charge on any atom is -0.376 e. The molecule has 110 valence electrons. The highest BCUT2D eigenvalue weighted by atomic mass is 16.5. The first-order valence-corrected chi connectivity index (χ1v) is 7.15. The van der Waals surface area contributed by atoms with Crippen molar-refractivity contribution in [2.24, 2.45) is 5.73 Å². The van der Waals surface area contributed by atoms with Gasteiger partial charge in [-0.3, -0.25) is 0 Å². The summed E-state index contributed by atoms with van der Waals surface area (Å²) >= 11 is 0. The zero-order valence-electron chi connectivity index (χ0n) is 12.0. The van der Waals surface area contributed by atoms with Crippen LogP contribution in [0.5, 0.6) is 0 Å². The van der Waals surface area contributed by atoms with E-state index in [0.717, 1.165) is 38.9 Å². The number of rotatable bonds is 3. The molecule has 2 rings (SSSR count). The highest BCUT2D eigenvalue weighted by Crippen LogP contribution is 2.19. The zero-order valence-corrected chi connectivity index (χ0v) is 12.0. The molecule has 2 heterocycles. The highest BCUT2D eigenvalue weighted by molar-refractivity contribution is 5.74. The average Bonchev–Trinajstić information content (AvgIpc) is 2.78. The van der Waals surface area contributed by atoms with Gasteiger partial charge in [0.2, 0.25) is 0 Å². The largest absolute Gasteiger partial charge is 0.376 e. The van der Waals surface area contributed by atoms with Gasteiger partial charge in [0.25, 0.3) is 0 Å². The number of piperidine rings is 1. The molecule has 6 nitrogen and oxygen atoms in total. The van der Waals surface area contributed by atoms with Gasteiger partial charge in [0.15, 0.2) is 0 Å². The van der Waals surface area contributed by atoms with Gasteiger partial charge < -0.3 is 25.6 Å². The number of hydrogen-bond donors (Lipinski definition) is 2. The summed E-state index contributed by atoms with van der Waals surface area (Å²) in [6, 6.07) is 0.0854. The van der Waals surface area contributed by atoms with Crippen molar-refractivity contribution in [2.45, 2.75) is 37.5 Å². The summed E-state index contributed by atoms with van der Waals surface area (Å²) in [5, 5.41) is 3.32. The number of carbonyl (C=O) groups is 1. The van der Waals surface area contributed by atoms with Crippen molar-refractivity contribution in [3.05, 3.63) is 0 Å². The number of nitrogens with zero attached hydrogens (tertiary/aromatic N) is 2. The smallest absolute Gasteiger partial charge is 0.319 e. The second-order valence-electron chi connectivity index (χ2n) is 5.67. The topological polar surface area (TPSA) is 70.8 Å². The van der Waals surface area contributed by atoms with Crippen molar-refractivity contribution in [3.8, 4) is 0 Å². The van der Waals surface area contributed by atoms with Crippen LogP contribution in [0.1, 0.15) is 19.3 Å². The molecule has 0 radical (unpaired) electrons. The molecule has 0 aromatic heterocycles. The molecule has 2 unspecified atom stereocenters. The van der Waals surface area contributed by atoms with E-state index in [2.05, 4.69) is 5.32 Å². The zero-order chi connectivity index (χ0) is 13.8. The summed E-state index contributed by atoms with van der Waals surface area (Å²) in [7, 11) is 3.55. The van der Waals surface area contributed by atoms with E-state index in [1.807, 2.05) is 4.90 Å². The Morgan fingerprint density at radius 2 is 2.05 bits per heavy atom. The lowest BCUT2D eigenvalue weighted by atomic mass is 10.1. The van der Waals surface area contributed by atoms with Crippen molar-refractivity contribution >= 4 is 6.03 Å². The summed E-state index contributed by atoms with van der Waals surface area (Å²) in [6.07, 6.45) is 3.26. The Labute approximate surface area is 115 Å². The molecule has 3 N–H and O–H groups in total. The van der Waals surface area contributed by atoms with Crippen LogP contribution in [0.2, 0.25) is 0 Å². The Balaban J connectivity index is 1.86. The highest BCUT2D eigenvalue weighted by Gasteiger charge is 2.36. The Morgan fingerprint density at radius 1 is 1.37 bits per heavy atom. The van der Waals surface area contributed by atoms with Crippen molar-refractivity contribution < 1.29 is 9.53 Å². The lowest BCUT2D eigenvalue weighted by Gasteiger charge is -2.31. The SMILES string of the molecule is CN(C)C(=O)N1CCC(N)C1COC1CCNCC1. The molecule has 2 fully saturated rings. The first kappa shape index (κ1) is 14.6. The molecule has 2 aliphatic rings. The molecular weight excluding hydrogens is 244 g/mol. The van der Waals surface area contributed by atoms with E-state index in [-0.39, 0.29) is 18.1 Å². The molecule has 0 saturated carbocycles. The molecule has 0 spiro atoms. The number of carbonyl (C=O) groups excluding carboxylic acids is 1. The fraction of sp³-hybridized carbons (Fsp3) is 0.923. The van der Waals surface area contributed by atoms with Crippen molar-refractivity contribution in [1.29, 1.82) is 0 Å². The Morgan fingerprint density at radius 3 is 2.68 bits per heavy atom. The van der Waals surface area contributed by atoms with E-state index in [4.69, 9.17) is 10.5 Å². The molecule has 0 aromatic rings. The molecule has 2 aliphatic heterocycles. The van der Waals surface area contributed by atoms with Crippen LogP contribution in [0.3, 0.4) is 0 Å². The van der Waals surface area contributed by atoms with Gasteiger partial charge in [-0.15, -0.1) is 0 Å². The summed E-state index contributed by atoms with van der Waals surface area (Å²) in [5.74, 6) is 0. The van der Waals surface area contributed by atoms with Crippen molar-refractivity contribution in [3.63, 3.8) is 0 Å². The van der Waals surface area contributed by atoms with Crippen LogP contribution >= 0.6 is 0 Å². The predicted octanol–water partition coefficient (Wildman–Crippen LogP) is -0.162. The van der Waals surface area contributed by atoms with E-state index in [1.54, 1.807) is 19.0 Å². The molecule has 19 heavy (non-hydrogen) atoms. The van der Waals surface area contributed by atoms with Gasteiger partial charge in [0, 0.05) is 26.7 Å². The third-order valence-electron chi connectivity index (χ3n) is 4.02. The van der Waals surface area contributed by atoms with E-state index >= 15 is 0 Å². The van der Waals surface area contributed by atoms with Crippen LogP contribution in [0.15, 0.2) is 0 Å². The van der Waals surface area contributed by atoms with E-state index in [0.29, 0.717) is 12.7 Å². The maximum absolute atomic E-state index is 12.1. The Kier molecular flexibility index (Phi) is 5.01. The molecule has 2 saturated heterocycles. The van der Waals surface area contributed by atoms with Gasteiger partial charge in [-0.2, -0.15) is 0 Å². The number of nitrogens with one attached hydrogen (secondary N) is 1. The minimum absolute atomic E-state index is 0.0183. The minimum atomic E-state index is 0.0183. The standard InChI is InChI=1S/C13H26N4O2/c1-16(2)13(18)17-8-5-11(14)12(17)9-19-10-3-6-15-7-4-10/h10-12,15H,3-9,14H2,1-2H3. The van der Waals surface area contributed by atoms with Crippen LogP contribution in [-0.4, -0.2) is 74.4 Å². The summed E-state index contributed by atoms with van der Waals surface area (Å²) in [5.41, 5.74) is 6.12. The molecule has 2 amide bonds. The molecule has 0 aromatic carbocycles. The maximum Gasteiger partial charge on any atom is 0.319 e. The van der Waals surface area contributed by atoms with Gasteiger partial charge >= 0.3 is 6.03 Å². The van der Waals surface area contributed by atoms with E-state index in [9.17, 15) is 4.79 Å². The first-order chi connectivity index (χ1) is 9.09. The van der Waals surface area contributed by atoms with E-state index in [1.165, 1.54) is 0 Å². The third kappa shape index (κ3) is 3.58. The molecule has 6 heteroatoms. The van der Waals surface area contributed by atoms with E-state index < -0.39 is 0 Å². The van der Waals surface area contributed by atoms with Gasteiger partial charge in [-0.25, -0.2) is 4.79 Å². The summed E-state index contributed by atoms with van der Waals surface area (Å²) in [6.45, 7) is 3.33. The number of nitrogens with two attached hydrogens (primary N) is 1. The monoisotopic (exact) mass is 270 g/mol. The summed E-state index contributed by atoms with van der Waals surface area (Å²) in [4.78, 5) is 15.5. The first-order valence-electron chi connectivity index (χ1n) is 7.15. The lowest BCUT2D eigenvalue weighted by Crippen LogP contribution is -2.49.